The Hall–Kier alpha value is -2.16. The Labute approximate surface area is 138 Å². The topological polar surface area (TPSA) is 41.5 Å². The van der Waals surface area contributed by atoms with Crippen LogP contribution >= 0.6 is 0 Å². The van der Waals surface area contributed by atoms with E-state index in [9.17, 15) is 4.79 Å². The molecule has 0 saturated heterocycles. The lowest BCUT2D eigenvalue weighted by Crippen LogP contribution is -2.17. The highest BCUT2D eigenvalue weighted by Crippen LogP contribution is 2.18. The Morgan fingerprint density at radius 2 is 1.74 bits per heavy atom. The van der Waals surface area contributed by atoms with E-state index in [2.05, 4.69) is 17.5 Å². The summed E-state index contributed by atoms with van der Waals surface area (Å²) in [6.07, 6.45) is 10.3. The molecule has 122 valence electrons. The first-order valence-electron chi connectivity index (χ1n) is 8.62. The van der Waals surface area contributed by atoms with E-state index in [-0.39, 0.29) is 5.91 Å². The molecule has 0 aromatic heterocycles. The van der Waals surface area contributed by atoms with Gasteiger partial charge in [0.25, 0.3) is 5.91 Å². The largest absolute Gasteiger partial charge is 0.271 e. The SMILES string of the molecule is CCCCCCCC/C=N/NC(=O)c1cccc2ccccc12. The lowest BCUT2D eigenvalue weighted by molar-refractivity contribution is 0.0956. The van der Waals surface area contributed by atoms with Crippen LogP contribution in [0.15, 0.2) is 47.6 Å². The number of carbonyl (C=O) groups excluding carboxylic acids is 1. The normalized spacial score (nSPS) is 11.2. The molecule has 2 rings (SSSR count). The zero-order valence-corrected chi connectivity index (χ0v) is 13.9. The maximum Gasteiger partial charge on any atom is 0.271 e. The summed E-state index contributed by atoms with van der Waals surface area (Å²) in [6, 6.07) is 13.6. The molecule has 0 radical (unpaired) electrons. The Kier molecular flexibility index (Phi) is 7.31. The van der Waals surface area contributed by atoms with Gasteiger partial charge in [-0.25, -0.2) is 5.43 Å². The zero-order chi connectivity index (χ0) is 16.3. The van der Waals surface area contributed by atoms with Gasteiger partial charge in [-0.1, -0.05) is 75.4 Å². The fraction of sp³-hybridized carbons (Fsp3) is 0.400. The molecule has 1 N–H and O–H groups in total. The predicted molar refractivity (Wildman–Crippen MR) is 97.9 cm³/mol. The second kappa shape index (κ2) is 9.78. The van der Waals surface area contributed by atoms with Crippen molar-refractivity contribution in [2.24, 2.45) is 5.10 Å². The molecule has 3 heteroatoms. The van der Waals surface area contributed by atoms with E-state index in [0.717, 1.165) is 23.6 Å². The monoisotopic (exact) mass is 310 g/mol. The summed E-state index contributed by atoms with van der Waals surface area (Å²) in [5.74, 6) is -0.152. The molecular weight excluding hydrogens is 284 g/mol. The van der Waals surface area contributed by atoms with E-state index in [4.69, 9.17) is 0 Å². The molecule has 1 amide bonds. The van der Waals surface area contributed by atoms with Gasteiger partial charge in [0.2, 0.25) is 0 Å². The predicted octanol–water partition coefficient (Wildman–Crippen LogP) is 5.31. The highest BCUT2D eigenvalue weighted by atomic mass is 16.2. The molecule has 0 heterocycles. The molecule has 0 atom stereocenters. The third kappa shape index (κ3) is 5.51. The smallest absolute Gasteiger partial charge is 0.267 e. The van der Waals surface area contributed by atoms with Gasteiger partial charge in [-0.05, 0) is 29.7 Å². The minimum absolute atomic E-state index is 0.152. The van der Waals surface area contributed by atoms with Crippen molar-refractivity contribution in [2.75, 3.05) is 0 Å². The standard InChI is InChI=1S/C20H26N2O/c1-2-3-4-5-6-7-10-16-21-22-20(23)19-15-11-13-17-12-8-9-14-18(17)19/h8-9,11-16H,2-7,10H2,1H3,(H,22,23)/b21-16+. The summed E-state index contributed by atoms with van der Waals surface area (Å²) < 4.78 is 0. The van der Waals surface area contributed by atoms with E-state index in [1.54, 1.807) is 0 Å². The van der Waals surface area contributed by atoms with Crippen molar-refractivity contribution in [3.63, 3.8) is 0 Å². The summed E-state index contributed by atoms with van der Waals surface area (Å²) in [4.78, 5) is 12.2. The van der Waals surface area contributed by atoms with E-state index in [0.29, 0.717) is 5.56 Å². The van der Waals surface area contributed by atoms with Gasteiger partial charge in [0.05, 0.1) is 0 Å². The zero-order valence-electron chi connectivity index (χ0n) is 13.9. The lowest BCUT2D eigenvalue weighted by Gasteiger charge is -2.04. The average Bonchev–Trinajstić information content (AvgIpc) is 2.59. The first kappa shape index (κ1) is 17.2. The first-order valence-corrected chi connectivity index (χ1v) is 8.62. The Morgan fingerprint density at radius 3 is 2.61 bits per heavy atom. The highest BCUT2D eigenvalue weighted by Gasteiger charge is 2.07. The van der Waals surface area contributed by atoms with Gasteiger partial charge >= 0.3 is 0 Å². The fourth-order valence-corrected chi connectivity index (χ4v) is 2.67. The van der Waals surface area contributed by atoms with Gasteiger partial charge in [0, 0.05) is 11.8 Å². The second-order valence-electron chi connectivity index (χ2n) is 5.84. The highest BCUT2D eigenvalue weighted by molar-refractivity contribution is 6.07. The number of carbonyl (C=O) groups is 1. The van der Waals surface area contributed by atoms with Crippen LogP contribution in [0.2, 0.25) is 0 Å². The van der Waals surface area contributed by atoms with Crippen molar-refractivity contribution in [3.8, 4) is 0 Å². The van der Waals surface area contributed by atoms with Gasteiger partial charge in [-0.3, -0.25) is 4.79 Å². The molecule has 23 heavy (non-hydrogen) atoms. The first-order chi connectivity index (χ1) is 11.3. The molecule has 0 aliphatic carbocycles. The van der Waals surface area contributed by atoms with Crippen LogP contribution in [0.25, 0.3) is 10.8 Å². The number of hydrogen-bond acceptors (Lipinski definition) is 2. The number of nitrogens with zero attached hydrogens (tertiary/aromatic N) is 1. The number of rotatable bonds is 9. The molecule has 0 unspecified atom stereocenters. The Bertz CT molecular complexity index is 644. The van der Waals surface area contributed by atoms with Gasteiger partial charge in [0.1, 0.15) is 0 Å². The molecule has 0 fully saturated rings. The number of benzene rings is 2. The summed E-state index contributed by atoms with van der Waals surface area (Å²) in [5.41, 5.74) is 3.30. The minimum atomic E-state index is -0.152. The average molecular weight is 310 g/mol. The molecule has 0 spiro atoms. The summed E-state index contributed by atoms with van der Waals surface area (Å²) in [7, 11) is 0. The molecule has 3 nitrogen and oxygen atoms in total. The fourth-order valence-electron chi connectivity index (χ4n) is 2.67. The van der Waals surface area contributed by atoms with Crippen LogP contribution in [0.4, 0.5) is 0 Å². The van der Waals surface area contributed by atoms with Crippen LogP contribution in [0.5, 0.6) is 0 Å². The van der Waals surface area contributed by atoms with Gasteiger partial charge in [-0.15, -0.1) is 0 Å². The van der Waals surface area contributed by atoms with Crippen LogP contribution < -0.4 is 5.43 Å². The van der Waals surface area contributed by atoms with Crippen molar-refractivity contribution in [1.29, 1.82) is 0 Å². The van der Waals surface area contributed by atoms with Gasteiger partial charge < -0.3 is 0 Å². The maximum atomic E-state index is 12.2. The number of hydrogen-bond donors (Lipinski definition) is 1. The summed E-state index contributed by atoms with van der Waals surface area (Å²) >= 11 is 0. The number of fused-ring (bicyclic) bond motifs is 1. The summed E-state index contributed by atoms with van der Waals surface area (Å²) in [5, 5.41) is 6.09. The van der Waals surface area contributed by atoms with E-state index < -0.39 is 0 Å². The molecule has 2 aromatic carbocycles. The molecule has 0 aliphatic rings. The van der Waals surface area contributed by atoms with Crippen molar-refractivity contribution in [3.05, 3.63) is 48.0 Å². The third-order valence-corrected chi connectivity index (χ3v) is 3.98. The van der Waals surface area contributed by atoms with Crippen LogP contribution in [-0.4, -0.2) is 12.1 Å². The van der Waals surface area contributed by atoms with Crippen molar-refractivity contribution in [1.82, 2.24) is 5.43 Å². The van der Waals surface area contributed by atoms with E-state index >= 15 is 0 Å². The molecule has 0 aliphatic heterocycles. The van der Waals surface area contributed by atoms with Crippen molar-refractivity contribution >= 4 is 22.9 Å². The summed E-state index contributed by atoms with van der Waals surface area (Å²) in [6.45, 7) is 2.23. The Morgan fingerprint density at radius 1 is 1.00 bits per heavy atom. The number of unbranched alkanes of at least 4 members (excludes halogenated alkanes) is 6. The quantitative estimate of drug-likeness (QED) is 0.381. The maximum absolute atomic E-state index is 12.2. The number of amides is 1. The van der Waals surface area contributed by atoms with Crippen molar-refractivity contribution < 1.29 is 4.79 Å². The van der Waals surface area contributed by atoms with Crippen LogP contribution in [-0.2, 0) is 0 Å². The van der Waals surface area contributed by atoms with Gasteiger partial charge in [-0.2, -0.15) is 5.10 Å². The molecule has 2 aromatic rings. The van der Waals surface area contributed by atoms with Gasteiger partial charge in [0.15, 0.2) is 0 Å². The molecular formula is C20H26N2O. The Balaban J connectivity index is 1.77. The minimum Gasteiger partial charge on any atom is -0.267 e. The molecule has 0 saturated carbocycles. The van der Waals surface area contributed by atoms with Crippen LogP contribution in [0.3, 0.4) is 0 Å². The second-order valence-corrected chi connectivity index (χ2v) is 5.84. The van der Waals surface area contributed by atoms with Crippen LogP contribution in [0.1, 0.15) is 62.2 Å². The van der Waals surface area contributed by atoms with E-state index in [1.165, 1.54) is 32.1 Å². The van der Waals surface area contributed by atoms with Crippen molar-refractivity contribution in [2.45, 2.75) is 51.9 Å². The third-order valence-electron chi connectivity index (χ3n) is 3.98. The van der Waals surface area contributed by atoms with Crippen LogP contribution in [0, 0.1) is 0 Å². The lowest BCUT2D eigenvalue weighted by atomic mass is 10.0. The number of nitrogens with one attached hydrogen (secondary N) is 1. The molecule has 0 bridgehead atoms. The van der Waals surface area contributed by atoms with E-state index in [1.807, 2.05) is 48.7 Å². The number of hydrazone groups is 1.